The van der Waals surface area contributed by atoms with Crippen LogP contribution in [0.25, 0.3) is 0 Å². The number of carbonyl (C=O) groups excluding carboxylic acids is 1. The highest BCUT2D eigenvalue weighted by Crippen LogP contribution is 2.35. The number of carbonyl (C=O) groups is 1. The zero-order valence-electron chi connectivity index (χ0n) is 10.6. The van der Waals surface area contributed by atoms with Gasteiger partial charge < -0.3 is 5.32 Å². The van der Waals surface area contributed by atoms with Gasteiger partial charge in [-0.15, -0.1) is 0 Å². The van der Waals surface area contributed by atoms with Crippen molar-refractivity contribution < 1.29 is 4.79 Å². The fourth-order valence-electron chi connectivity index (χ4n) is 4.05. The second-order valence-electron chi connectivity index (χ2n) is 6.09. The molecule has 2 nitrogen and oxygen atoms in total. The van der Waals surface area contributed by atoms with Gasteiger partial charge in [0.05, 0.1) is 0 Å². The first kappa shape index (κ1) is 10.7. The molecule has 0 radical (unpaired) electrons. The molecule has 2 heterocycles. The van der Waals surface area contributed by atoms with Crippen LogP contribution in [0, 0.1) is 5.92 Å². The number of benzene rings is 1. The molecule has 3 atom stereocenters. The van der Waals surface area contributed by atoms with Crippen molar-refractivity contribution in [2.45, 2.75) is 50.6 Å². The Kier molecular flexibility index (Phi) is 2.34. The highest BCUT2D eigenvalue weighted by Gasteiger charge is 2.42. The summed E-state index contributed by atoms with van der Waals surface area (Å²) >= 11 is 0. The predicted molar refractivity (Wildman–Crippen MR) is 70.9 cm³/mol. The van der Waals surface area contributed by atoms with E-state index in [1.165, 1.54) is 36.8 Å². The molecule has 0 spiro atoms. The van der Waals surface area contributed by atoms with Gasteiger partial charge in [0.2, 0.25) is 0 Å². The first-order chi connectivity index (χ1) is 8.81. The van der Waals surface area contributed by atoms with Crippen molar-refractivity contribution in [1.29, 1.82) is 0 Å². The monoisotopic (exact) mass is 241 g/mol. The highest BCUT2D eigenvalue weighted by atomic mass is 16.1. The van der Waals surface area contributed by atoms with Gasteiger partial charge in [-0.25, -0.2) is 0 Å². The molecule has 1 aliphatic carbocycles. The van der Waals surface area contributed by atoms with Gasteiger partial charge in [-0.1, -0.05) is 12.1 Å². The molecule has 3 aliphatic rings. The molecule has 4 rings (SSSR count). The van der Waals surface area contributed by atoms with Gasteiger partial charge in [-0.3, -0.25) is 4.79 Å². The van der Waals surface area contributed by atoms with E-state index in [0.29, 0.717) is 17.9 Å². The Morgan fingerprint density at radius 1 is 1.17 bits per heavy atom. The quantitative estimate of drug-likeness (QED) is 0.806. The van der Waals surface area contributed by atoms with Gasteiger partial charge in [0.1, 0.15) is 0 Å². The molecule has 2 saturated heterocycles. The molecule has 3 unspecified atom stereocenters. The summed E-state index contributed by atoms with van der Waals surface area (Å²) in [6.07, 6.45) is 7.11. The van der Waals surface area contributed by atoms with Crippen LogP contribution >= 0.6 is 0 Å². The number of hydrogen-bond acceptors (Lipinski definition) is 2. The van der Waals surface area contributed by atoms with E-state index in [4.69, 9.17) is 0 Å². The van der Waals surface area contributed by atoms with Crippen molar-refractivity contribution in [2.75, 3.05) is 0 Å². The lowest BCUT2D eigenvalue weighted by molar-refractivity contribution is 0.0901. The number of ketones is 1. The lowest BCUT2D eigenvalue weighted by Gasteiger charge is -2.19. The summed E-state index contributed by atoms with van der Waals surface area (Å²) in [7, 11) is 0. The van der Waals surface area contributed by atoms with Gasteiger partial charge in [-0.2, -0.15) is 0 Å². The van der Waals surface area contributed by atoms with Gasteiger partial charge in [0, 0.05) is 23.6 Å². The molecule has 94 valence electrons. The maximum absolute atomic E-state index is 12.6. The summed E-state index contributed by atoms with van der Waals surface area (Å²) in [5, 5.41) is 3.56. The smallest absolute Gasteiger partial charge is 0.167 e. The van der Waals surface area contributed by atoms with E-state index in [1.807, 2.05) is 0 Å². The number of nitrogens with one attached hydrogen (secondary N) is 1. The van der Waals surface area contributed by atoms with Crippen LogP contribution < -0.4 is 5.32 Å². The molecule has 0 saturated carbocycles. The molecule has 1 aromatic rings. The zero-order valence-corrected chi connectivity index (χ0v) is 10.6. The number of aryl methyl sites for hydroxylation is 2. The fourth-order valence-corrected chi connectivity index (χ4v) is 4.05. The Balaban J connectivity index is 1.61. The van der Waals surface area contributed by atoms with Gasteiger partial charge in [0.15, 0.2) is 5.78 Å². The Labute approximate surface area is 108 Å². The van der Waals surface area contributed by atoms with E-state index in [-0.39, 0.29) is 5.92 Å². The fraction of sp³-hybridized carbons (Fsp3) is 0.562. The van der Waals surface area contributed by atoms with Gasteiger partial charge in [0.25, 0.3) is 0 Å². The average Bonchev–Trinajstić information content (AvgIpc) is 3.12. The Bertz CT molecular complexity index is 508. The molecule has 1 N–H and O–H groups in total. The number of rotatable bonds is 2. The van der Waals surface area contributed by atoms with E-state index in [9.17, 15) is 4.79 Å². The van der Waals surface area contributed by atoms with Crippen molar-refractivity contribution in [1.82, 2.24) is 5.32 Å². The first-order valence-corrected chi connectivity index (χ1v) is 7.23. The zero-order chi connectivity index (χ0) is 12.1. The second kappa shape index (κ2) is 3.92. The summed E-state index contributed by atoms with van der Waals surface area (Å²) in [6, 6.07) is 7.46. The van der Waals surface area contributed by atoms with E-state index in [1.54, 1.807) is 0 Å². The topological polar surface area (TPSA) is 29.1 Å². The van der Waals surface area contributed by atoms with Gasteiger partial charge >= 0.3 is 0 Å². The number of hydrogen-bond donors (Lipinski definition) is 1. The Morgan fingerprint density at radius 3 is 2.83 bits per heavy atom. The lowest BCUT2D eigenvalue weighted by Crippen LogP contribution is -2.28. The number of Topliss-reactive ketones (excluding diaryl/α,β-unsaturated/α-hetero) is 1. The molecular formula is C16H19NO. The van der Waals surface area contributed by atoms with Crippen molar-refractivity contribution in [3.05, 3.63) is 34.9 Å². The Hall–Kier alpha value is -1.15. The third-order valence-electron chi connectivity index (χ3n) is 5.02. The van der Waals surface area contributed by atoms with Crippen LogP contribution in [0.2, 0.25) is 0 Å². The Morgan fingerprint density at radius 2 is 2.06 bits per heavy atom. The largest absolute Gasteiger partial charge is 0.310 e. The molecule has 2 heteroatoms. The minimum Gasteiger partial charge on any atom is -0.310 e. The molecule has 2 bridgehead atoms. The van der Waals surface area contributed by atoms with Crippen LogP contribution in [0.1, 0.15) is 47.2 Å². The summed E-state index contributed by atoms with van der Waals surface area (Å²) in [5.74, 6) is 0.618. The van der Waals surface area contributed by atoms with Crippen molar-refractivity contribution >= 4 is 5.78 Å². The summed E-state index contributed by atoms with van der Waals surface area (Å²) in [6.45, 7) is 0. The molecule has 1 aromatic carbocycles. The molecule has 18 heavy (non-hydrogen) atoms. The molecule has 0 aromatic heterocycles. The molecule has 0 amide bonds. The van der Waals surface area contributed by atoms with Crippen molar-refractivity contribution in [3.8, 4) is 0 Å². The van der Waals surface area contributed by atoms with Crippen LogP contribution in [-0.4, -0.2) is 17.9 Å². The van der Waals surface area contributed by atoms with E-state index >= 15 is 0 Å². The van der Waals surface area contributed by atoms with Crippen molar-refractivity contribution in [3.63, 3.8) is 0 Å². The van der Waals surface area contributed by atoms with Crippen LogP contribution in [0.5, 0.6) is 0 Å². The average molecular weight is 241 g/mol. The maximum Gasteiger partial charge on any atom is 0.167 e. The summed E-state index contributed by atoms with van der Waals surface area (Å²) in [5.41, 5.74) is 3.82. The first-order valence-electron chi connectivity index (χ1n) is 7.23. The van der Waals surface area contributed by atoms with Crippen LogP contribution in [0.3, 0.4) is 0 Å². The predicted octanol–water partition coefficient (Wildman–Crippen LogP) is 2.50. The molecular weight excluding hydrogens is 222 g/mol. The van der Waals surface area contributed by atoms with E-state index < -0.39 is 0 Å². The third-order valence-corrected chi connectivity index (χ3v) is 5.02. The normalized spacial score (nSPS) is 32.8. The van der Waals surface area contributed by atoms with Gasteiger partial charge in [-0.05, 0) is 55.7 Å². The van der Waals surface area contributed by atoms with Crippen LogP contribution in [0.4, 0.5) is 0 Å². The SMILES string of the molecule is O=C(c1ccc2c(c1)CCC2)C1CC2CCC1N2. The van der Waals surface area contributed by atoms with Crippen molar-refractivity contribution in [2.24, 2.45) is 5.92 Å². The third kappa shape index (κ3) is 1.55. The molecule has 2 fully saturated rings. The highest BCUT2D eigenvalue weighted by molar-refractivity contribution is 5.99. The lowest BCUT2D eigenvalue weighted by atomic mass is 9.83. The van der Waals surface area contributed by atoms with E-state index in [2.05, 4.69) is 23.5 Å². The minimum absolute atomic E-state index is 0.239. The van der Waals surface area contributed by atoms with E-state index in [0.717, 1.165) is 18.4 Å². The molecule has 2 aliphatic heterocycles. The maximum atomic E-state index is 12.6. The minimum atomic E-state index is 0.239. The number of fused-ring (bicyclic) bond motifs is 3. The standard InChI is InChI=1S/C16H19NO/c18-16(14-9-13-6-7-15(14)17-13)12-5-4-10-2-1-3-11(10)8-12/h4-5,8,13-15,17H,1-3,6-7,9H2. The summed E-state index contributed by atoms with van der Waals surface area (Å²) in [4.78, 5) is 12.6. The van der Waals surface area contributed by atoms with Crippen LogP contribution in [-0.2, 0) is 12.8 Å². The van der Waals surface area contributed by atoms with Crippen LogP contribution in [0.15, 0.2) is 18.2 Å². The summed E-state index contributed by atoms with van der Waals surface area (Å²) < 4.78 is 0. The second-order valence-corrected chi connectivity index (χ2v) is 6.09.